The van der Waals surface area contributed by atoms with E-state index in [4.69, 9.17) is 0 Å². The highest BCUT2D eigenvalue weighted by Crippen LogP contribution is 2.30. The van der Waals surface area contributed by atoms with Crippen molar-refractivity contribution in [3.8, 4) is 0 Å². The average molecular weight is 442 g/mol. The zero-order valence-corrected chi connectivity index (χ0v) is 17.2. The van der Waals surface area contributed by atoms with Crippen LogP contribution in [0.25, 0.3) is 0 Å². The molecule has 160 valence electrons. The van der Waals surface area contributed by atoms with Crippen LogP contribution in [0.2, 0.25) is 0 Å². The van der Waals surface area contributed by atoms with E-state index in [0.29, 0.717) is 0 Å². The molecule has 0 saturated carbocycles. The van der Waals surface area contributed by atoms with Crippen LogP contribution in [0.3, 0.4) is 0 Å². The van der Waals surface area contributed by atoms with Gasteiger partial charge >= 0.3 is 0 Å². The van der Waals surface area contributed by atoms with Crippen molar-refractivity contribution < 1.29 is 23.6 Å². The third-order valence-corrected chi connectivity index (χ3v) is 6.24. The molecule has 2 aliphatic heterocycles. The maximum absolute atomic E-state index is 15.1. The molecule has 0 spiro atoms. The van der Waals surface area contributed by atoms with E-state index in [-0.39, 0.29) is 60.2 Å². The number of pyridine rings is 1. The molecule has 1 unspecified atom stereocenters. The van der Waals surface area contributed by atoms with Gasteiger partial charge in [-0.05, 0) is 24.6 Å². The number of piperidine rings is 1. The second-order valence-electron chi connectivity index (χ2n) is 7.21. The van der Waals surface area contributed by atoms with Gasteiger partial charge in [0.2, 0.25) is 17.7 Å². The minimum Gasteiger partial charge on any atom is -0.351 e. The Morgan fingerprint density at radius 3 is 2.74 bits per heavy atom. The Labute approximate surface area is 181 Å². The zero-order valence-electron chi connectivity index (χ0n) is 16.4. The topological polar surface area (TPSA) is 108 Å². The molecule has 10 heteroatoms. The molecule has 2 N–H and O–H groups in total. The number of nitrogens with zero attached hydrogens (tertiary/aromatic N) is 2. The van der Waals surface area contributed by atoms with Crippen molar-refractivity contribution in [3.63, 3.8) is 0 Å². The van der Waals surface area contributed by atoms with Crippen LogP contribution in [-0.2, 0) is 27.5 Å². The highest BCUT2D eigenvalue weighted by Gasteiger charge is 2.40. The van der Waals surface area contributed by atoms with E-state index in [1.807, 2.05) is 0 Å². The first kappa shape index (κ1) is 21.0. The fraction of sp³-hybridized carbons (Fsp3) is 0.286. The number of aromatic nitrogens is 1. The molecule has 1 atom stereocenters. The number of amides is 4. The Hall–Kier alpha value is -3.27. The van der Waals surface area contributed by atoms with E-state index in [2.05, 4.69) is 15.6 Å². The van der Waals surface area contributed by atoms with Crippen molar-refractivity contribution in [2.24, 2.45) is 0 Å². The summed E-state index contributed by atoms with van der Waals surface area (Å²) in [7, 11) is 0. The number of imide groups is 1. The molecule has 0 radical (unpaired) electrons. The largest absolute Gasteiger partial charge is 0.351 e. The molecule has 31 heavy (non-hydrogen) atoms. The number of fused-ring (bicyclic) bond motifs is 1. The van der Waals surface area contributed by atoms with E-state index >= 15 is 4.39 Å². The Bertz CT molecular complexity index is 1060. The zero-order chi connectivity index (χ0) is 22.0. The monoisotopic (exact) mass is 442 g/mol. The maximum atomic E-state index is 15.1. The Morgan fingerprint density at radius 2 is 2.00 bits per heavy atom. The molecular formula is C21H19FN4O4S. The summed E-state index contributed by atoms with van der Waals surface area (Å²) in [6.45, 7) is -0.0621. The Morgan fingerprint density at radius 1 is 1.23 bits per heavy atom. The van der Waals surface area contributed by atoms with Gasteiger partial charge in [0.25, 0.3) is 5.91 Å². The third kappa shape index (κ3) is 4.43. The molecule has 1 aromatic carbocycles. The molecule has 1 saturated heterocycles. The van der Waals surface area contributed by atoms with Gasteiger partial charge in [-0.25, -0.2) is 4.39 Å². The van der Waals surface area contributed by atoms with E-state index in [0.717, 1.165) is 4.90 Å². The lowest BCUT2D eigenvalue weighted by atomic mass is 10.0. The van der Waals surface area contributed by atoms with E-state index in [1.54, 1.807) is 24.5 Å². The highest BCUT2D eigenvalue weighted by molar-refractivity contribution is 8.00. The van der Waals surface area contributed by atoms with Crippen molar-refractivity contribution in [1.82, 2.24) is 20.5 Å². The molecule has 2 aliphatic rings. The van der Waals surface area contributed by atoms with Gasteiger partial charge in [0, 0.05) is 46.9 Å². The minimum absolute atomic E-state index is 0.0124. The lowest BCUT2D eigenvalue weighted by Crippen LogP contribution is -2.52. The predicted molar refractivity (Wildman–Crippen MR) is 109 cm³/mol. The number of carbonyl (C=O) groups excluding carboxylic acids is 4. The molecular weight excluding hydrogens is 423 g/mol. The van der Waals surface area contributed by atoms with Crippen LogP contribution in [0.15, 0.2) is 41.6 Å². The van der Waals surface area contributed by atoms with Gasteiger partial charge in [-0.2, -0.15) is 0 Å². The van der Waals surface area contributed by atoms with Crippen molar-refractivity contribution in [2.45, 2.75) is 36.9 Å². The first-order valence-corrected chi connectivity index (χ1v) is 10.7. The van der Waals surface area contributed by atoms with Gasteiger partial charge in [-0.1, -0.05) is 6.07 Å². The SMILES string of the molecule is O=C(CSc1ccncc1)NCc1ccc2c(c1F)CN(C1CCC(=O)NC1=O)C2=O. The lowest BCUT2D eigenvalue weighted by molar-refractivity contribution is -0.137. The summed E-state index contributed by atoms with van der Waals surface area (Å²) in [5, 5.41) is 4.90. The van der Waals surface area contributed by atoms with Gasteiger partial charge in [-0.3, -0.25) is 29.5 Å². The van der Waals surface area contributed by atoms with E-state index in [1.165, 1.54) is 28.8 Å². The molecule has 1 fully saturated rings. The molecule has 4 amide bonds. The van der Waals surface area contributed by atoms with E-state index in [9.17, 15) is 19.2 Å². The summed E-state index contributed by atoms with van der Waals surface area (Å²) in [5.74, 6) is -2.00. The maximum Gasteiger partial charge on any atom is 0.255 e. The standard InChI is InChI=1S/C21H19FN4O4S/c22-19-12(9-24-18(28)11-31-13-5-7-23-8-6-13)1-2-14-15(19)10-26(21(14)30)16-3-4-17(27)25-20(16)29/h1-2,5-8,16H,3-4,9-11H2,(H,24,28)(H,25,27,29). The second kappa shape index (κ2) is 8.84. The van der Waals surface area contributed by atoms with Crippen LogP contribution in [0, 0.1) is 5.82 Å². The predicted octanol–water partition coefficient (Wildman–Crippen LogP) is 1.39. The van der Waals surface area contributed by atoms with Crippen LogP contribution in [0.5, 0.6) is 0 Å². The summed E-state index contributed by atoms with van der Waals surface area (Å²) in [5.41, 5.74) is 0.664. The number of benzene rings is 1. The first-order chi connectivity index (χ1) is 14.9. The Balaban J connectivity index is 1.39. The van der Waals surface area contributed by atoms with Crippen LogP contribution < -0.4 is 10.6 Å². The van der Waals surface area contributed by atoms with Gasteiger partial charge in [0.1, 0.15) is 11.9 Å². The summed E-state index contributed by atoms with van der Waals surface area (Å²) >= 11 is 1.35. The molecule has 0 aliphatic carbocycles. The van der Waals surface area contributed by atoms with Crippen LogP contribution in [0.1, 0.15) is 34.3 Å². The number of nitrogens with one attached hydrogen (secondary N) is 2. The number of rotatable bonds is 6. The number of hydrogen-bond acceptors (Lipinski definition) is 6. The number of thioether (sulfide) groups is 1. The van der Waals surface area contributed by atoms with Crippen molar-refractivity contribution >= 4 is 35.4 Å². The van der Waals surface area contributed by atoms with Gasteiger partial charge < -0.3 is 10.2 Å². The molecule has 0 bridgehead atoms. The van der Waals surface area contributed by atoms with Crippen molar-refractivity contribution in [1.29, 1.82) is 0 Å². The normalized spacial score (nSPS) is 18.0. The number of halogens is 1. The molecule has 1 aromatic heterocycles. The fourth-order valence-corrected chi connectivity index (χ4v) is 4.33. The summed E-state index contributed by atoms with van der Waals surface area (Å²) in [6.07, 6.45) is 3.62. The van der Waals surface area contributed by atoms with Gasteiger partial charge in [0.05, 0.1) is 12.3 Å². The highest BCUT2D eigenvalue weighted by atomic mass is 32.2. The quantitative estimate of drug-likeness (QED) is 0.517. The summed E-state index contributed by atoms with van der Waals surface area (Å²) in [6, 6.07) is 5.77. The smallest absolute Gasteiger partial charge is 0.255 e. The summed E-state index contributed by atoms with van der Waals surface area (Å²) in [4.78, 5) is 54.4. The second-order valence-corrected chi connectivity index (χ2v) is 8.26. The first-order valence-electron chi connectivity index (χ1n) is 9.68. The third-order valence-electron chi connectivity index (χ3n) is 5.22. The summed E-state index contributed by atoms with van der Waals surface area (Å²) < 4.78 is 15.1. The van der Waals surface area contributed by atoms with Crippen molar-refractivity contribution in [2.75, 3.05) is 5.75 Å². The molecule has 2 aromatic rings. The van der Waals surface area contributed by atoms with Crippen molar-refractivity contribution in [3.05, 3.63) is 59.2 Å². The Kier molecular flexibility index (Phi) is 5.99. The van der Waals surface area contributed by atoms with E-state index < -0.39 is 23.7 Å². The van der Waals surface area contributed by atoms with Crippen LogP contribution in [0.4, 0.5) is 4.39 Å². The average Bonchev–Trinajstić information content (AvgIpc) is 3.09. The number of hydrogen-bond donors (Lipinski definition) is 2. The molecule has 4 rings (SSSR count). The van der Waals surface area contributed by atoms with Crippen LogP contribution in [-0.4, -0.2) is 45.3 Å². The van der Waals surface area contributed by atoms with Gasteiger partial charge in [0.15, 0.2) is 0 Å². The molecule has 3 heterocycles. The fourth-order valence-electron chi connectivity index (χ4n) is 3.62. The van der Waals surface area contributed by atoms with Crippen LogP contribution >= 0.6 is 11.8 Å². The molecule has 8 nitrogen and oxygen atoms in total. The lowest BCUT2D eigenvalue weighted by Gasteiger charge is -2.29. The number of carbonyl (C=O) groups is 4. The van der Waals surface area contributed by atoms with Gasteiger partial charge in [-0.15, -0.1) is 11.8 Å². The minimum atomic E-state index is -0.801.